The second kappa shape index (κ2) is 9.78. The van der Waals surface area contributed by atoms with Crippen LogP contribution in [0.5, 0.6) is 0 Å². The summed E-state index contributed by atoms with van der Waals surface area (Å²) in [5.41, 5.74) is 0.896. The molecular formula is C16H23NO5. The molecule has 6 heteroatoms. The van der Waals surface area contributed by atoms with Gasteiger partial charge in [0, 0.05) is 6.04 Å². The topological polar surface area (TPSA) is 84.9 Å². The average Bonchev–Trinajstić information content (AvgIpc) is 2.46. The van der Waals surface area contributed by atoms with Gasteiger partial charge in [0.2, 0.25) is 0 Å². The molecule has 0 fully saturated rings. The van der Waals surface area contributed by atoms with Crippen LogP contribution in [0.3, 0.4) is 0 Å². The van der Waals surface area contributed by atoms with E-state index in [9.17, 15) is 14.7 Å². The highest BCUT2D eigenvalue weighted by molar-refractivity contribution is 5.70. The number of hydrogen-bond acceptors (Lipinski definition) is 5. The van der Waals surface area contributed by atoms with Gasteiger partial charge in [0.15, 0.2) is 0 Å². The summed E-state index contributed by atoms with van der Waals surface area (Å²) in [5, 5.41) is 12.4. The van der Waals surface area contributed by atoms with E-state index in [2.05, 4.69) is 5.32 Å². The standard InChI is InChI=1S/C16H23NO5/c1-3-21-15(19)10-14(18)9-12(2)17-16(20)22-11-13-7-5-4-6-8-13/h4-8,12,14,18H,3,9-11H2,1-2H3,(H,17,20). The van der Waals surface area contributed by atoms with Gasteiger partial charge < -0.3 is 19.9 Å². The molecule has 2 N–H and O–H groups in total. The Balaban J connectivity index is 2.24. The first-order valence-electron chi connectivity index (χ1n) is 7.32. The summed E-state index contributed by atoms with van der Waals surface area (Å²) in [6.45, 7) is 3.91. The van der Waals surface area contributed by atoms with Crippen molar-refractivity contribution in [3.63, 3.8) is 0 Å². The van der Waals surface area contributed by atoms with Gasteiger partial charge in [-0.2, -0.15) is 0 Å². The number of hydrogen-bond donors (Lipinski definition) is 2. The lowest BCUT2D eigenvalue weighted by atomic mass is 10.1. The van der Waals surface area contributed by atoms with Crippen LogP contribution in [-0.4, -0.2) is 35.9 Å². The van der Waals surface area contributed by atoms with E-state index in [1.54, 1.807) is 13.8 Å². The minimum absolute atomic E-state index is 0.0844. The summed E-state index contributed by atoms with van der Waals surface area (Å²) >= 11 is 0. The van der Waals surface area contributed by atoms with Crippen molar-refractivity contribution in [3.05, 3.63) is 35.9 Å². The second-order valence-electron chi connectivity index (χ2n) is 5.01. The summed E-state index contributed by atoms with van der Waals surface area (Å²) < 4.78 is 9.83. The first-order chi connectivity index (χ1) is 10.5. The summed E-state index contributed by atoms with van der Waals surface area (Å²) in [6.07, 6.45) is -1.25. The Morgan fingerprint density at radius 3 is 2.55 bits per heavy atom. The fraction of sp³-hybridized carbons (Fsp3) is 0.500. The van der Waals surface area contributed by atoms with Crippen molar-refractivity contribution in [2.75, 3.05) is 6.61 Å². The Kier molecular flexibility index (Phi) is 7.99. The van der Waals surface area contributed by atoms with Gasteiger partial charge in [0.25, 0.3) is 0 Å². The molecule has 0 heterocycles. The van der Waals surface area contributed by atoms with E-state index in [0.29, 0.717) is 0 Å². The Labute approximate surface area is 130 Å². The third-order valence-corrected chi connectivity index (χ3v) is 2.91. The van der Waals surface area contributed by atoms with E-state index in [1.807, 2.05) is 30.3 Å². The molecule has 0 aliphatic carbocycles. The fourth-order valence-corrected chi connectivity index (χ4v) is 1.93. The van der Waals surface area contributed by atoms with Gasteiger partial charge in [-0.3, -0.25) is 4.79 Å². The van der Waals surface area contributed by atoms with Crippen LogP contribution in [0.2, 0.25) is 0 Å². The Morgan fingerprint density at radius 1 is 1.23 bits per heavy atom. The zero-order valence-corrected chi connectivity index (χ0v) is 13.0. The number of aliphatic hydroxyl groups excluding tert-OH is 1. The van der Waals surface area contributed by atoms with Crippen LogP contribution in [0.4, 0.5) is 4.79 Å². The highest BCUT2D eigenvalue weighted by atomic mass is 16.5. The molecular weight excluding hydrogens is 286 g/mol. The maximum atomic E-state index is 11.6. The highest BCUT2D eigenvalue weighted by Crippen LogP contribution is 2.05. The molecule has 0 saturated heterocycles. The van der Waals surface area contributed by atoms with E-state index < -0.39 is 18.2 Å². The van der Waals surface area contributed by atoms with Gasteiger partial charge in [-0.05, 0) is 25.8 Å². The molecule has 0 saturated carbocycles. The van der Waals surface area contributed by atoms with Gasteiger partial charge in [-0.25, -0.2) is 4.79 Å². The molecule has 0 aliphatic rings. The number of aliphatic hydroxyl groups is 1. The van der Waals surface area contributed by atoms with Crippen molar-refractivity contribution in [1.29, 1.82) is 0 Å². The van der Waals surface area contributed by atoms with Crippen LogP contribution >= 0.6 is 0 Å². The van der Waals surface area contributed by atoms with Crippen LogP contribution in [-0.2, 0) is 20.9 Å². The monoisotopic (exact) mass is 309 g/mol. The van der Waals surface area contributed by atoms with Crippen molar-refractivity contribution >= 4 is 12.1 Å². The van der Waals surface area contributed by atoms with Crippen molar-refractivity contribution < 1.29 is 24.2 Å². The first-order valence-corrected chi connectivity index (χ1v) is 7.32. The van der Waals surface area contributed by atoms with Crippen LogP contribution in [0.1, 0.15) is 32.3 Å². The molecule has 1 amide bonds. The van der Waals surface area contributed by atoms with Crippen LogP contribution in [0, 0.1) is 0 Å². The van der Waals surface area contributed by atoms with E-state index in [0.717, 1.165) is 5.56 Å². The molecule has 0 aromatic heterocycles. The third-order valence-electron chi connectivity index (χ3n) is 2.91. The quantitative estimate of drug-likeness (QED) is 0.718. The number of esters is 1. The molecule has 0 radical (unpaired) electrons. The van der Waals surface area contributed by atoms with E-state index >= 15 is 0 Å². The predicted octanol–water partition coefficient (Wildman–Crippen LogP) is 2.01. The molecule has 1 rings (SSSR count). The predicted molar refractivity (Wildman–Crippen MR) is 81.1 cm³/mol. The zero-order valence-electron chi connectivity index (χ0n) is 13.0. The number of carbonyl (C=O) groups is 2. The number of ether oxygens (including phenoxy) is 2. The number of benzene rings is 1. The molecule has 2 atom stereocenters. The maximum Gasteiger partial charge on any atom is 0.407 e. The normalized spacial score (nSPS) is 13.0. The summed E-state index contributed by atoms with van der Waals surface area (Å²) in [7, 11) is 0. The Hall–Kier alpha value is -2.08. The van der Waals surface area contributed by atoms with Gasteiger partial charge in [0.05, 0.1) is 19.1 Å². The van der Waals surface area contributed by atoms with Crippen molar-refractivity contribution in [2.45, 2.75) is 45.4 Å². The minimum Gasteiger partial charge on any atom is -0.466 e. The summed E-state index contributed by atoms with van der Waals surface area (Å²) in [6, 6.07) is 9.03. The lowest BCUT2D eigenvalue weighted by molar-refractivity contribution is -0.145. The number of nitrogens with one attached hydrogen (secondary N) is 1. The maximum absolute atomic E-state index is 11.6. The molecule has 0 aliphatic heterocycles. The number of carbonyl (C=O) groups excluding carboxylic acids is 2. The number of amides is 1. The van der Waals surface area contributed by atoms with Gasteiger partial charge in [0.1, 0.15) is 6.61 Å². The molecule has 0 spiro atoms. The summed E-state index contributed by atoms with van der Waals surface area (Å²) in [5.74, 6) is -0.450. The molecule has 6 nitrogen and oxygen atoms in total. The SMILES string of the molecule is CCOC(=O)CC(O)CC(C)NC(=O)OCc1ccccc1. The lowest BCUT2D eigenvalue weighted by Gasteiger charge is -2.17. The lowest BCUT2D eigenvalue weighted by Crippen LogP contribution is -2.36. The zero-order chi connectivity index (χ0) is 16.4. The fourth-order valence-electron chi connectivity index (χ4n) is 1.93. The summed E-state index contributed by atoms with van der Waals surface area (Å²) in [4.78, 5) is 22.8. The van der Waals surface area contributed by atoms with Crippen molar-refractivity contribution in [1.82, 2.24) is 5.32 Å². The van der Waals surface area contributed by atoms with Crippen LogP contribution in [0.15, 0.2) is 30.3 Å². The van der Waals surface area contributed by atoms with Crippen molar-refractivity contribution in [3.8, 4) is 0 Å². The van der Waals surface area contributed by atoms with Crippen molar-refractivity contribution in [2.24, 2.45) is 0 Å². The second-order valence-corrected chi connectivity index (χ2v) is 5.01. The van der Waals surface area contributed by atoms with Crippen LogP contribution in [0.25, 0.3) is 0 Å². The van der Waals surface area contributed by atoms with Crippen LogP contribution < -0.4 is 5.32 Å². The number of rotatable bonds is 8. The molecule has 22 heavy (non-hydrogen) atoms. The van der Waals surface area contributed by atoms with Gasteiger partial charge >= 0.3 is 12.1 Å². The molecule has 1 aromatic rings. The highest BCUT2D eigenvalue weighted by Gasteiger charge is 2.17. The third kappa shape index (κ3) is 7.64. The first kappa shape index (κ1) is 18.0. The Morgan fingerprint density at radius 2 is 1.91 bits per heavy atom. The Bertz CT molecular complexity index is 463. The molecule has 2 unspecified atom stereocenters. The van der Waals surface area contributed by atoms with E-state index in [4.69, 9.17) is 9.47 Å². The number of alkyl carbamates (subject to hydrolysis) is 1. The molecule has 0 bridgehead atoms. The minimum atomic E-state index is -0.858. The molecule has 1 aromatic carbocycles. The smallest absolute Gasteiger partial charge is 0.407 e. The van der Waals surface area contributed by atoms with E-state index in [-0.39, 0.29) is 32.1 Å². The average molecular weight is 309 g/mol. The largest absolute Gasteiger partial charge is 0.466 e. The molecule has 122 valence electrons. The van der Waals surface area contributed by atoms with E-state index in [1.165, 1.54) is 0 Å². The van der Waals surface area contributed by atoms with Gasteiger partial charge in [-0.15, -0.1) is 0 Å². The van der Waals surface area contributed by atoms with Gasteiger partial charge in [-0.1, -0.05) is 30.3 Å².